The summed E-state index contributed by atoms with van der Waals surface area (Å²) in [7, 11) is 0. The topological polar surface area (TPSA) is 64.2 Å². The zero-order valence-corrected chi connectivity index (χ0v) is 9.27. The maximum Gasteiger partial charge on any atom is 0.573 e. The lowest BCUT2D eigenvalue weighted by atomic mass is 10.2. The summed E-state index contributed by atoms with van der Waals surface area (Å²) >= 11 is 0. The van der Waals surface area contributed by atoms with Crippen molar-refractivity contribution in [1.82, 2.24) is 10.2 Å². The second-order valence-electron chi connectivity index (χ2n) is 3.44. The number of aldehydes is 1. The quantitative estimate of drug-likeness (QED) is 0.869. The van der Waals surface area contributed by atoms with Crippen LogP contribution in [0.2, 0.25) is 0 Å². The number of carbonyl (C=O) groups excluding carboxylic acids is 1. The van der Waals surface area contributed by atoms with Crippen molar-refractivity contribution in [3.05, 3.63) is 36.2 Å². The highest BCUT2D eigenvalue weighted by Gasteiger charge is 2.31. The third-order valence-electron chi connectivity index (χ3n) is 1.98. The number of carbonyl (C=O) groups is 1. The molecule has 2 rings (SSSR count). The fraction of sp³-hybridized carbons (Fsp3) is 0.0909. The average molecular weight is 272 g/mol. The Bertz CT molecular complexity index is 567. The number of hydrogen-bond acceptors (Lipinski definition) is 4. The number of aromatic amines is 1. The van der Waals surface area contributed by atoms with Crippen LogP contribution in [0, 0.1) is 0 Å². The van der Waals surface area contributed by atoms with Crippen LogP contribution in [-0.4, -0.2) is 22.8 Å². The van der Waals surface area contributed by atoms with Crippen LogP contribution in [0.1, 0.15) is 10.4 Å². The van der Waals surface area contributed by atoms with Gasteiger partial charge in [-0.05, 0) is 12.1 Å². The monoisotopic (exact) mass is 272 g/mol. The highest BCUT2D eigenvalue weighted by molar-refractivity contribution is 5.76. The minimum atomic E-state index is -4.84. The Balaban J connectivity index is 2.28. The van der Waals surface area contributed by atoms with Gasteiger partial charge in [-0.3, -0.25) is 9.89 Å². The summed E-state index contributed by atoms with van der Waals surface area (Å²) in [6.07, 6.45) is -1.71. The van der Waals surface area contributed by atoms with E-state index in [4.69, 9.17) is 4.74 Å². The molecule has 0 aliphatic heterocycles. The average Bonchev–Trinajstić information content (AvgIpc) is 2.79. The number of ether oxygens (including phenoxy) is 2. The van der Waals surface area contributed by atoms with E-state index in [1.54, 1.807) is 0 Å². The van der Waals surface area contributed by atoms with Crippen LogP contribution < -0.4 is 9.47 Å². The largest absolute Gasteiger partial charge is 0.573 e. The van der Waals surface area contributed by atoms with Gasteiger partial charge in [-0.1, -0.05) is 0 Å². The fourth-order valence-electron chi connectivity index (χ4n) is 1.34. The Morgan fingerprint density at radius 2 is 1.89 bits per heavy atom. The van der Waals surface area contributed by atoms with Crippen LogP contribution in [0.3, 0.4) is 0 Å². The van der Waals surface area contributed by atoms with Gasteiger partial charge in [0.2, 0.25) is 0 Å². The summed E-state index contributed by atoms with van der Waals surface area (Å²) in [5.74, 6) is -0.207. The minimum Gasteiger partial charge on any atom is -0.454 e. The molecular weight excluding hydrogens is 265 g/mol. The van der Waals surface area contributed by atoms with E-state index >= 15 is 0 Å². The van der Waals surface area contributed by atoms with E-state index in [1.807, 2.05) is 0 Å². The van der Waals surface area contributed by atoms with E-state index in [1.165, 1.54) is 18.5 Å². The molecule has 0 unspecified atom stereocenters. The van der Waals surface area contributed by atoms with E-state index < -0.39 is 12.1 Å². The van der Waals surface area contributed by atoms with Crippen LogP contribution in [0.4, 0.5) is 13.2 Å². The van der Waals surface area contributed by atoms with Crippen molar-refractivity contribution in [3.8, 4) is 17.2 Å². The molecule has 0 atom stereocenters. The molecular formula is C11H7F3N2O3. The molecule has 0 bridgehead atoms. The van der Waals surface area contributed by atoms with E-state index in [-0.39, 0.29) is 11.3 Å². The van der Waals surface area contributed by atoms with Gasteiger partial charge in [0.05, 0.1) is 12.4 Å². The maximum absolute atomic E-state index is 12.1. The van der Waals surface area contributed by atoms with Crippen molar-refractivity contribution >= 4 is 6.29 Å². The van der Waals surface area contributed by atoms with Gasteiger partial charge in [-0.25, -0.2) is 0 Å². The van der Waals surface area contributed by atoms with Crippen LogP contribution in [0.25, 0.3) is 0 Å². The molecule has 0 spiro atoms. The zero-order chi connectivity index (χ0) is 13.9. The number of hydrogen-bond donors (Lipinski definition) is 1. The number of H-pyrrole nitrogens is 1. The highest BCUT2D eigenvalue weighted by Crippen LogP contribution is 2.29. The number of nitrogens with one attached hydrogen (secondary N) is 1. The van der Waals surface area contributed by atoms with Crippen LogP contribution >= 0.6 is 0 Å². The standard InChI is InChI=1S/C11H7F3N2O3/c12-11(13,14)19-9-2-7(6-17)1-8(3-9)18-10-4-15-16-5-10/h1-6H,(H,15,16). The molecule has 1 aromatic carbocycles. The van der Waals surface area contributed by atoms with Gasteiger partial charge in [0.15, 0.2) is 5.75 Å². The molecule has 0 radical (unpaired) electrons. The predicted molar refractivity (Wildman–Crippen MR) is 57.2 cm³/mol. The summed E-state index contributed by atoms with van der Waals surface area (Å²) in [6, 6.07) is 3.26. The van der Waals surface area contributed by atoms with Gasteiger partial charge in [0, 0.05) is 11.6 Å². The maximum atomic E-state index is 12.1. The molecule has 0 aliphatic rings. The molecule has 0 fully saturated rings. The molecule has 0 saturated heterocycles. The van der Waals surface area contributed by atoms with Gasteiger partial charge in [-0.15, -0.1) is 13.2 Å². The lowest BCUT2D eigenvalue weighted by molar-refractivity contribution is -0.274. The van der Waals surface area contributed by atoms with Gasteiger partial charge in [-0.2, -0.15) is 5.10 Å². The lowest BCUT2D eigenvalue weighted by Gasteiger charge is -2.11. The summed E-state index contributed by atoms with van der Waals surface area (Å²) < 4.78 is 45.3. The number of nitrogens with zero attached hydrogens (tertiary/aromatic N) is 1. The third kappa shape index (κ3) is 3.73. The van der Waals surface area contributed by atoms with Crippen molar-refractivity contribution in [2.24, 2.45) is 0 Å². The first kappa shape index (κ1) is 12.9. The molecule has 8 heteroatoms. The summed E-state index contributed by atoms with van der Waals surface area (Å²) in [5, 5.41) is 6.09. The smallest absolute Gasteiger partial charge is 0.454 e. The van der Waals surface area contributed by atoms with Crippen LogP contribution in [0.15, 0.2) is 30.6 Å². The van der Waals surface area contributed by atoms with E-state index in [0.717, 1.165) is 12.1 Å². The minimum absolute atomic E-state index is 0.000227. The second kappa shape index (κ2) is 5.01. The second-order valence-corrected chi connectivity index (χ2v) is 3.44. The molecule has 2 aromatic rings. The molecule has 0 saturated carbocycles. The summed E-state index contributed by atoms with van der Waals surface area (Å²) in [5.41, 5.74) is 0.000227. The fourth-order valence-corrected chi connectivity index (χ4v) is 1.34. The van der Waals surface area contributed by atoms with Gasteiger partial charge < -0.3 is 9.47 Å². The molecule has 19 heavy (non-hydrogen) atoms. The molecule has 100 valence electrons. The Morgan fingerprint density at radius 3 is 2.47 bits per heavy atom. The number of alkyl halides is 3. The molecule has 0 amide bonds. The molecule has 1 N–H and O–H groups in total. The Hall–Kier alpha value is -2.51. The van der Waals surface area contributed by atoms with Crippen molar-refractivity contribution in [2.75, 3.05) is 0 Å². The summed E-state index contributed by atoms with van der Waals surface area (Å²) in [6.45, 7) is 0. The first-order valence-electron chi connectivity index (χ1n) is 4.99. The van der Waals surface area contributed by atoms with E-state index in [0.29, 0.717) is 12.0 Å². The first-order valence-corrected chi connectivity index (χ1v) is 4.99. The highest BCUT2D eigenvalue weighted by atomic mass is 19.4. The predicted octanol–water partition coefficient (Wildman–Crippen LogP) is 2.91. The van der Waals surface area contributed by atoms with E-state index in [2.05, 4.69) is 14.9 Å². The Labute approximate surface area is 105 Å². The van der Waals surface area contributed by atoms with Gasteiger partial charge in [0.1, 0.15) is 17.8 Å². The molecule has 1 aromatic heterocycles. The zero-order valence-electron chi connectivity index (χ0n) is 9.27. The van der Waals surface area contributed by atoms with Gasteiger partial charge in [0.25, 0.3) is 0 Å². The number of rotatable bonds is 4. The number of benzene rings is 1. The van der Waals surface area contributed by atoms with Crippen LogP contribution in [-0.2, 0) is 0 Å². The Morgan fingerprint density at radius 1 is 1.16 bits per heavy atom. The van der Waals surface area contributed by atoms with Crippen molar-refractivity contribution in [3.63, 3.8) is 0 Å². The SMILES string of the molecule is O=Cc1cc(Oc2cn[nH]c2)cc(OC(F)(F)F)c1. The molecule has 0 aliphatic carbocycles. The molecule has 5 nitrogen and oxygen atoms in total. The van der Waals surface area contributed by atoms with Crippen molar-refractivity contribution in [2.45, 2.75) is 6.36 Å². The Kier molecular flexibility index (Phi) is 3.41. The number of aromatic nitrogens is 2. The molecule has 1 heterocycles. The van der Waals surface area contributed by atoms with E-state index in [9.17, 15) is 18.0 Å². The first-order chi connectivity index (χ1) is 8.96. The van der Waals surface area contributed by atoms with Gasteiger partial charge >= 0.3 is 6.36 Å². The number of halogens is 3. The third-order valence-corrected chi connectivity index (χ3v) is 1.98. The summed E-state index contributed by atoms with van der Waals surface area (Å²) in [4.78, 5) is 10.7. The lowest BCUT2D eigenvalue weighted by Crippen LogP contribution is -2.17. The van der Waals surface area contributed by atoms with Crippen molar-refractivity contribution < 1.29 is 27.4 Å². The van der Waals surface area contributed by atoms with Crippen LogP contribution in [0.5, 0.6) is 17.2 Å². The normalized spacial score (nSPS) is 11.1. The van der Waals surface area contributed by atoms with Crippen molar-refractivity contribution in [1.29, 1.82) is 0 Å².